The summed E-state index contributed by atoms with van der Waals surface area (Å²) >= 11 is 6.08. The summed E-state index contributed by atoms with van der Waals surface area (Å²) in [6.07, 6.45) is 9.16. The number of aromatic nitrogens is 2. The Labute approximate surface area is 174 Å². The molecule has 4 aliphatic carbocycles. The first kappa shape index (κ1) is 18.5. The van der Waals surface area contributed by atoms with Crippen molar-refractivity contribution in [2.75, 3.05) is 16.5 Å². The summed E-state index contributed by atoms with van der Waals surface area (Å²) in [4.78, 5) is 21.0. The third kappa shape index (κ3) is 3.48. The topological polar surface area (TPSA) is 105 Å². The number of benzene rings is 1. The zero-order chi connectivity index (χ0) is 20.0. The smallest absolute Gasteiger partial charge is 0.271 e. The number of hydrazine groups is 1. The van der Waals surface area contributed by atoms with E-state index in [0.29, 0.717) is 27.9 Å². The highest BCUT2D eigenvalue weighted by atomic mass is 35.5. The molecule has 152 valence electrons. The number of carbonyl (C=O) groups excluding carboxylic acids is 1. The number of rotatable bonds is 5. The zero-order valence-corrected chi connectivity index (χ0v) is 16.9. The summed E-state index contributed by atoms with van der Waals surface area (Å²) in [6, 6.07) is 6.86. The molecule has 6 rings (SSSR count). The lowest BCUT2D eigenvalue weighted by Crippen LogP contribution is -2.55. The SMILES string of the molecule is Nc1c(NNC(=O)c2ccccc2Cl)ncnc1NC12CC3CC(CC(C3)C1)C2. The maximum Gasteiger partial charge on any atom is 0.271 e. The highest BCUT2D eigenvalue weighted by molar-refractivity contribution is 6.33. The second-order valence-corrected chi connectivity index (χ2v) is 9.27. The average molecular weight is 413 g/mol. The normalized spacial score (nSPS) is 29.5. The van der Waals surface area contributed by atoms with Crippen LogP contribution in [0.15, 0.2) is 30.6 Å². The first-order chi connectivity index (χ1) is 14.0. The lowest BCUT2D eigenvalue weighted by molar-refractivity contribution is 0.0106. The minimum atomic E-state index is -0.357. The largest absolute Gasteiger partial charge is 0.393 e. The number of nitrogen functional groups attached to an aromatic ring is 1. The van der Waals surface area contributed by atoms with Gasteiger partial charge in [-0.1, -0.05) is 23.7 Å². The Balaban J connectivity index is 1.30. The number of anilines is 3. The molecule has 4 saturated carbocycles. The fourth-order valence-corrected chi connectivity index (χ4v) is 6.16. The highest BCUT2D eigenvalue weighted by Crippen LogP contribution is 2.56. The van der Waals surface area contributed by atoms with E-state index in [1.807, 2.05) is 0 Å². The molecule has 1 amide bonds. The van der Waals surface area contributed by atoms with E-state index in [0.717, 1.165) is 17.8 Å². The third-order valence-electron chi connectivity index (χ3n) is 6.72. The highest BCUT2D eigenvalue weighted by Gasteiger charge is 2.51. The zero-order valence-electron chi connectivity index (χ0n) is 16.1. The van der Waals surface area contributed by atoms with E-state index in [-0.39, 0.29) is 11.4 Å². The second-order valence-electron chi connectivity index (χ2n) is 8.87. The van der Waals surface area contributed by atoms with E-state index in [9.17, 15) is 4.79 Å². The van der Waals surface area contributed by atoms with Gasteiger partial charge in [0.1, 0.15) is 12.0 Å². The minimum Gasteiger partial charge on any atom is -0.393 e. The van der Waals surface area contributed by atoms with Crippen molar-refractivity contribution in [2.24, 2.45) is 17.8 Å². The molecule has 0 spiro atoms. The van der Waals surface area contributed by atoms with Gasteiger partial charge in [0.05, 0.1) is 10.6 Å². The summed E-state index contributed by atoms with van der Waals surface area (Å²) in [5, 5.41) is 4.05. The molecule has 29 heavy (non-hydrogen) atoms. The van der Waals surface area contributed by atoms with E-state index in [4.69, 9.17) is 17.3 Å². The van der Waals surface area contributed by atoms with Crippen LogP contribution in [-0.4, -0.2) is 21.4 Å². The van der Waals surface area contributed by atoms with Gasteiger partial charge in [0.15, 0.2) is 11.6 Å². The molecule has 4 bridgehead atoms. The maximum absolute atomic E-state index is 12.4. The molecule has 0 atom stereocenters. The molecular formula is C21H25ClN6O. The van der Waals surface area contributed by atoms with Crippen LogP contribution in [0.4, 0.5) is 17.3 Å². The molecule has 7 nitrogen and oxygen atoms in total. The van der Waals surface area contributed by atoms with Gasteiger partial charge in [0.2, 0.25) is 0 Å². The van der Waals surface area contributed by atoms with E-state index < -0.39 is 0 Å². The van der Waals surface area contributed by atoms with Gasteiger partial charge in [-0.05, 0) is 68.4 Å². The molecular weight excluding hydrogens is 388 g/mol. The van der Waals surface area contributed by atoms with Crippen LogP contribution in [0, 0.1) is 17.8 Å². The van der Waals surface area contributed by atoms with Crippen LogP contribution in [0.5, 0.6) is 0 Å². The Bertz CT molecular complexity index is 913. The molecule has 0 saturated heterocycles. The number of hydrogen-bond donors (Lipinski definition) is 4. The van der Waals surface area contributed by atoms with Crippen molar-refractivity contribution in [2.45, 2.75) is 44.1 Å². The van der Waals surface area contributed by atoms with Crippen molar-refractivity contribution in [3.05, 3.63) is 41.2 Å². The number of halogens is 1. The average Bonchev–Trinajstić information content (AvgIpc) is 2.67. The van der Waals surface area contributed by atoms with Gasteiger partial charge in [-0.2, -0.15) is 0 Å². The lowest BCUT2D eigenvalue weighted by Gasteiger charge is -2.57. The van der Waals surface area contributed by atoms with Crippen LogP contribution in [0.25, 0.3) is 0 Å². The summed E-state index contributed by atoms with van der Waals surface area (Å²) in [5.41, 5.74) is 12.6. The Morgan fingerprint density at radius 2 is 1.66 bits per heavy atom. The second kappa shape index (κ2) is 7.06. The van der Waals surface area contributed by atoms with Gasteiger partial charge in [0, 0.05) is 5.54 Å². The van der Waals surface area contributed by atoms with Gasteiger partial charge >= 0.3 is 0 Å². The fraction of sp³-hybridized carbons (Fsp3) is 0.476. The van der Waals surface area contributed by atoms with Crippen LogP contribution in [0.3, 0.4) is 0 Å². The molecule has 1 aromatic carbocycles. The quantitative estimate of drug-likeness (QED) is 0.556. The van der Waals surface area contributed by atoms with Gasteiger partial charge in [-0.3, -0.25) is 15.6 Å². The molecule has 5 N–H and O–H groups in total. The van der Waals surface area contributed by atoms with Crippen LogP contribution in [-0.2, 0) is 0 Å². The van der Waals surface area contributed by atoms with E-state index in [2.05, 4.69) is 26.1 Å². The molecule has 4 fully saturated rings. The minimum absolute atomic E-state index is 0.0926. The van der Waals surface area contributed by atoms with Gasteiger partial charge in [-0.15, -0.1) is 0 Å². The monoisotopic (exact) mass is 412 g/mol. The molecule has 4 aliphatic rings. The Hall–Kier alpha value is -2.54. The molecule has 1 heterocycles. The van der Waals surface area contributed by atoms with Crippen molar-refractivity contribution in [3.8, 4) is 0 Å². The number of hydrogen-bond acceptors (Lipinski definition) is 6. The Kier molecular flexibility index (Phi) is 4.50. The predicted octanol–water partition coefficient (Wildman–Crippen LogP) is 3.85. The van der Waals surface area contributed by atoms with Gasteiger partial charge in [0.25, 0.3) is 5.91 Å². The first-order valence-electron chi connectivity index (χ1n) is 10.2. The summed E-state index contributed by atoms with van der Waals surface area (Å²) in [5.74, 6) is 3.12. The van der Waals surface area contributed by atoms with E-state index in [1.54, 1.807) is 24.3 Å². The summed E-state index contributed by atoms with van der Waals surface area (Å²) in [6.45, 7) is 0. The molecule has 0 aliphatic heterocycles. The van der Waals surface area contributed by atoms with Crippen molar-refractivity contribution in [1.29, 1.82) is 0 Å². The molecule has 0 radical (unpaired) electrons. The van der Waals surface area contributed by atoms with E-state index in [1.165, 1.54) is 44.9 Å². The molecule has 2 aromatic rings. The Morgan fingerprint density at radius 3 is 2.31 bits per heavy atom. The first-order valence-corrected chi connectivity index (χ1v) is 10.6. The van der Waals surface area contributed by atoms with Crippen LogP contribution < -0.4 is 21.9 Å². The molecule has 0 unspecified atom stereocenters. The fourth-order valence-electron chi connectivity index (χ4n) is 5.94. The number of nitrogens with one attached hydrogen (secondary N) is 3. The summed E-state index contributed by atoms with van der Waals surface area (Å²) in [7, 11) is 0. The van der Waals surface area contributed by atoms with E-state index >= 15 is 0 Å². The lowest BCUT2D eigenvalue weighted by atomic mass is 9.53. The van der Waals surface area contributed by atoms with Crippen molar-refractivity contribution >= 4 is 34.8 Å². The van der Waals surface area contributed by atoms with Crippen molar-refractivity contribution < 1.29 is 4.79 Å². The number of nitrogens with two attached hydrogens (primary N) is 1. The summed E-state index contributed by atoms with van der Waals surface area (Å²) < 4.78 is 0. The van der Waals surface area contributed by atoms with Crippen molar-refractivity contribution in [3.63, 3.8) is 0 Å². The maximum atomic E-state index is 12.4. The van der Waals surface area contributed by atoms with Gasteiger partial charge < -0.3 is 11.1 Å². The predicted molar refractivity (Wildman–Crippen MR) is 114 cm³/mol. The molecule has 1 aromatic heterocycles. The standard InChI is InChI=1S/C21H25ClN6O/c22-16-4-2-1-3-15(16)20(29)28-27-19-17(23)18(24-11-25-19)26-21-8-12-5-13(9-21)7-14(6-12)10-21/h1-4,11-14H,5-10,23H2,(H,28,29)(H2,24,25,26,27). The molecule has 8 heteroatoms. The number of nitrogens with zero attached hydrogens (tertiary/aromatic N) is 2. The third-order valence-corrected chi connectivity index (χ3v) is 7.05. The van der Waals surface area contributed by atoms with Crippen LogP contribution in [0.1, 0.15) is 48.9 Å². The number of carbonyl (C=O) groups is 1. The van der Waals surface area contributed by atoms with Crippen molar-refractivity contribution in [1.82, 2.24) is 15.4 Å². The van der Waals surface area contributed by atoms with Gasteiger partial charge in [-0.25, -0.2) is 9.97 Å². The van der Waals surface area contributed by atoms with Crippen LogP contribution >= 0.6 is 11.6 Å². The van der Waals surface area contributed by atoms with Crippen LogP contribution in [0.2, 0.25) is 5.02 Å². The Morgan fingerprint density at radius 1 is 1.03 bits per heavy atom. The number of amides is 1.